The number of nitrogens with one attached hydrogen (secondary N) is 2. The average Bonchev–Trinajstić information content (AvgIpc) is 3.07. The lowest BCUT2D eigenvalue weighted by Gasteiger charge is -2.13. The maximum absolute atomic E-state index is 11.5. The minimum Gasteiger partial charge on any atom is -0.317 e. The molecule has 5 nitrogen and oxygen atoms in total. The van der Waals surface area contributed by atoms with E-state index in [0.717, 1.165) is 51.3 Å². The van der Waals surface area contributed by atoms with E-state index in [9.17, 15) is 9.59 Å². The highest BCUT2D eigenvalue weighted by molar-refractivity contribution is 7.18. The molecule has 120 valence electrons. The minimum absolute atomic E-state index is 0.0867. The predicted octanol–water partition coefficient (Wildman–Crippen LogP) is 1.26. The summed E-state index contributed by atoms with van der Waals surface area (Å²) in [6.45, 7) is 5.15. The highest BCUT2D eigenvalue weighted by Gasteiger charge is 2.24. The van der Waals surface area contributed by atoms with E-state index in [1.165, 1.54) is 34.8 Å². The molecule has 2 N–H and O–H groups in total. The van der Waals surface area contributed by atoms with Crippen LogP contribution in [0.4, 0.5) is 5.00 Å². The Kier molecular flexibility index (Phi) is 4.70. The normalized spacial score (nSPS) is 15.6. The fourth-order valence-electron chi connectivity index (χ4n) is 2.65. The largest absolute Gasteiger partial charge is 0.317 e. The van der Waals surface area contributed by atoms with Crippen molar-refractivity contribution in [2.75, 3.05) is 11.9 Å². The van der Waals surface area contributed by atoms with Crippen LogP contribution in [0.15, 0.2) is 0 Å². The first kappa shape index (κ1) is 16.0. The molecule has 2 aromatic rings. The van der Waals surface area contributed by atoms with Gasteiger partial charge in [-0.3, -0.25) is 9.59 Å². The molecular formula is C16H17N3O2S2. The van der Waals surface area contributed by atoms with E-state index in [1.807, 2.05) is 13.0 Å². The number of carbonyl (C=O) groups excluding carboxylic acids is 2. The summed E-state index contributed by atoms with van der Waals surface area (Å²) in [5, 5.41) is 8.80. The van der Waals surface area contributed by atoms with Crippen molar-refractivity contribution in [3.63, 3.8) is 0 Å². The van der Waals surface area contributed by atoms with Crippen LogP contribution < -0.4 is 20.5 Å². The quantitative estimate of drug-likeness (QED) is 0.820. The summed E-state index contributed by atoms with van der Waals surface area (Å²) in [4.78, 5) is 28.3. The molecule has 1 amide bonds. The van der Waals surface area contributed by atoms with Gasteiger partial charge in [-0.15, -0.1) is 22.7 Å². The first-order valence-electron chi connectivity index (χ1n) is 7.36. The van der Waals surface area contributed by atoms with Gasteiger partial charge in [0.25, 0.3) is 0 Å². The van der Waals surface area contributed by atoms with Crippen molar-refractivity contribution in [3.8, 4) is 10.6 Å². The molecule has 2 aromatic heterocycles. The van der Waals surface area contributed by atoms with Crippen LogP contribution in [-0.2, 0) is 22.6 Å². The number of aromatic nitrogens is 1. The first-order chi connectivity index (χ1) is 11.1. The molecule has 0 radical (unpaired) electrons. The number of hydrogen-bond acceptors (Lipinski definition) is 6. The molecule has 1 aliphatic heterocycles. The fourth-order valence-corrected chi connectivity index (χ4v) is 5.05. The van der Waals surface area contributed by atoms with E-state index in [1.54, 1.807) is 11.3 Å². The first-order valence-corrected chi connectivity index (χ1v) is 8.99. The summed E-state index contributed by atoms with van der Waals surface area (Å²) in [5.74, 6) is -0.0867. The van der Waals surface area contributed by atoms with Crippen molar-refractivity contribution >= 4 is 52.0 Å². The number of nitrogens with zero attached hydrogens (tertiary/aromatic N) is 1. The van der Waals surface area contributed by atoms with Gasteiger partial charge in [0.15, 0.2) is 0 Å². The number of thiophene rings is 1. The molecule has 23 heavy (non-hydrogen) atoms. The molecule has 0 aliphatic carbocycles. The van der Waals surface area contributed by atoms with Crippen LogP contribution in [0.1, 0.15) is 24.3 Å². The smallest absolute Gasteiger partial charge is 0.221 e. The molecular weight excluding hydrogens is 330 g/mol. The second-order valence-electron chi connectivity index (χ2n) is 5.18. The van der Waals surface area contributed by atoms with E-state index >= 15 is 0 Å². The standard InChI is InChI=1S/C16H17N3O2S2/c1-3-11-12(5-7-20)22-16(19-11)14-10-4-6-17-8-13(10)23-15(14)18-9(2)21/h3,5,7,17H,4,6,8H2,1-2H3,(H,18,21)/b11-3+,12-5+. The van der Waals surface area contributed by atoms with Crippen LogP contribution in [0.25, 0.3) is 22.7 Å². The van der Waals surface area contributed by atoms with Crippen LogP contribution in [0.3, 0.4) is 0 Å². The van der Waals surface area contributed by atoms with Gasteiger partial charge >= 0.3 is 0 Å². The van der Waals surface area contributed by atoms with Gasteiger partial charge in [0, 0.05) is 23.9 Å². The van der Waals surface area contributed by atoms with Crippen molar-refractivity contribution in [3.05, 3.63) is 20.3 Å². The number of aldehydes is 1. The fraction of sp³-hybridized carbons (Fsp3) is 0.312. The monoisotopic (exact) mass is 347 g/mol. The van der Waals surface area contributed by atoms with Gasteiger partial charge in [-0.2, -0.15) is 0 Å². The SMILES string of the molecule is C/C=c1/nc(-c2c(NC(C)=O)sc3c2CCNC3)s/c1=C/C=O. The lowest BCUT2D eigenvalue weighted by atomic mass is 10.0. The number of hydrogen-bond donors (Lipinski definition) is 2. The Labute approximate surface area is 141 Å². The molecule has 1 aliphatic rings. The van der Waals surface area contributed by atoms with Crippen LogP contribution >= 0.6 is 22.7 Å². The number of rotatable bonds is 3. The van der Waals surface area contributed by atoms with Gasteiger partial charge in [0.1, 0.15) is 16.3 Å². The number of thiazole rings is 1. The second-order valence-corrected chi connectivity index (χ2v) is 7.31. The van der Waals surface area contributed by atoms with Gasteiger partial charge < -0.3 is 10.6 Å². The number of carbonyl (C=O) groups is 2. The molecule has 0 atom stereocenters. The molecule has 0 aromatic carbocycles. The molecule has 3 rings (SSSR count). The summed E-state index contributed by atoms with van der Waals surface area (Å²) in [7, 11) is 0. The number of amides is 1. The summed E-state index contributed by atoms with van der Waals surface area (Å²) in [6.07, 6.45) is 5.13. The third-order valence-corrected chi connectivity index (χ3v) is 5.81. The molecule has 0 saturated carbocycles. The lowest BCUT2D eigenvalue weighted by molar-refractivity contribution is -0.114. The summed E-state index contributed by atoms with van der Waals surface area (Å²) in [6, 6.07) is 0. The van der Waals surface area contributed by atoms with Crippen LogP contribution in [-0.4, -0.2) is 23.7 Å². The minimum atomic E-state index is -0.0867. The van der Waals surface area contributed by atoms with Gasteiger partial charge in [0.05, 0.1) is 9.88 Å². The average molecular weight is 347 g/mol. The summed E-state index contributed by atoms with van der Waals surface area (Å²) < 4.78 is 0.847. The van der Waals surface area contributed by atoms with Crippen molar-refractivity contribution in [1.29, 1.82) is 0 Å². The molecule has 0 saturated heterocycles. The van der Waals surface area contributed by atoms with E-state index in [2.05, 4.69) is 15.6 Å². The molecule has 0 spiro atoms. The molecule has 0 fully saturated rings. The van der Waals surface area contributed by atoms with Crippen molar-refractivity contribution in [1.82, 2.24) is 10.3 Å². The highest BCUT2D eigenvalue weighted by atomic mass is 32.1. The molecule has 7 heteroatoms. The van der Waals surface area contributed by atoms with Crippen LogP contribution in [0.2, 0.25) is 0 Å². The van der Waals surface area contributed by atoms with Crippen molar-refractivity contribution in [2.24, 2.45) is 0 Å². The Morgan fingerprint density at radius 2 is 2.22 bits per heavy atom. The number of anilines is 1. The maximum atomic E-state index is 11.5. The van der Waals surface area contributed by atoms with Gasteiger partial charge in [0.2, 0.25) is 5.91 Å². The second kappa shape index (κ2) is 6.74. The van der Waals surface area contributed by atoms with Gasteiger partial charge in [-0.25, -0.2) is 4.98 Å². The zero-order valence-electron chi connectivity index (χ0n) is 12.9. The molecule has 3 heterocycles. The third kappa shape index (κ3) is 3.12. The maximum Gasteiger partial charge on any atom is 0.221 e. The van der Waals surface area contributed by atoms with Crippen molar-refractivity contribution < 1.29 is 9.59 Å². The Bertz CT molecular complexity index is 880. The van der Waals surface area contributed by atoms with Gasteiger partial charge in [-0.1, -0.05) is 6.08 Å². The van der Waals surface area contributed by atoms with Gasteiger partial charge in [-0.05, 0) is 31.5 Å². The molecule has 0 unspecified atom stereocenters. The van der Waals surface area contributed by atoms with Crippen molar-refractivity contribution in [2.45, 2.75) is 26.8 Å². The van der Waals surface area contributed by atoms with E-state index in [4.69, 9.17) is 0 Å². The predicted molar refractivity (Wildman–Crippen MR) is 95.1 cm³/mol. The van der Waals surface area contributed by atoms with Crippen LogP contribution in [0.5, 0.6) is 0 Å². The third-order valence-electron chi connectivity index (χ3n) is 3.61. The Morgan fingerprint density at radius 1 is 1.39 bits per heavy atom. The van der Waals surface area contributed by atoms with E-state index in [-0.39, 0.29) is 5.91 Å². The topological polar surface area (TPSA) is 71.1 Å². The molecule has 0 bridgehead atoms. The highest BCUT2D eigenvalue weighted by Crippen LogP contribution is 2.42. The van der Waals surface area contributed by atoms with Crippen LogP contribution in [0, 0.1) is 0 Å². The number of fused-ring (bicyclic) bond motifs is 1. The van der Waals surface area contributed by atoms with E-state index in [0.29, 0.717) is 0 Å². The zero-order chi connectivity index (χ0) is 16.4. The summed E-state index contributed by atoms with van der Waals surface area (Å²) >= 11 is 3.09. The lowest BCUT2D eigenvalue weighted by Crippen LogP contribution is -2.22. The van der Waals surface area contributed by atoms with E-state index < -0.39 is 0 Å². The zero-order valence-corrected chi connectivity index (χ0v) is 14.6. The Hall–Kier alpha value is -1.83. The Morgan fingerprint density at radius 3 is 2.91 bits per heavy atom. The Balaban J connectivity index is 2.22. The summed E-state index contributed by atoms with van der Waals surface area (Å²) in [5.41, 5.74) is 2.27.